The molecular weight excluding hydrogens is 290 g/mol. The van der Waals surface area contributed by atoms with Gasteiger partial charge in [-0.05, 0) is 12.8 Å². The molecule has 1 aliphatic carbocycles. The van der Waals surface area contributed by atoms with Crippen molar-refractivity contribution in [2.75, 3.05) is 6.54 Å². The zero-order chi connectivity index (χ0) is 15.1. The fraction of sp³-hybridized carbons (Fsp3) is 0.643. The lowest BCUT2D eigenvalue weighted by atomic mass is 9.80. The number of carbonyl (C=O) groups excluding carboxylic acids is 1. The molecule has 0 aromatic carbocycles. The number of nitrogens with one attached hydrogen (secondary N) is 2. The van der Waals surface area contributed by atoms with E-state index in [4.69, 9.17) is 0 Å². The van der Waals surface area contributed by atoms with Gasteiger partial charge >= 0.3 is 12.0 Å². The molecule has 1 aliphatic rings. The maximum absolute atomic E-state index is 11.8. The number of aromatic nitrogens is 1. The first-order valence-electron chi connectivity index (χ1n) is 7.25. The number of nitrogens with zero attached hydrogens (tertiary/aromatic N) is 1. The van der Waals surface area contributed by atoms with Crippen molar-refractivity contribution < 1.29 is 14.7 Å². The first-order valence-corrected chi connectivity index (χ1v) is 8.13. The average molecular weight is 311 g/mol. The van der Waals surface area contributed by atoms with Crippen molar-refractivity contribution in [2.24, 2.45) is 5.41 Å². The number of carboxylic acids is 1. The summed E-state index contributed by atoms with van der Waals surface area (Å²) in [6.45, 7) is 0.605. The van der Waals surface area contributed by atoms with E-state index in [1.165, 1.54) is 11.3 Å². The first-order chi connectivity index (χ1) is 10.1. The Hall–Kier alpha value is -1.63. The number of aliphatic carboxylic acids is 1. The molecular formula is C14H21N3O3S. The summed E-state index contributed by atoms with van der Waals surface area (Å²) in [5, 5.41) is 15.0. The van der Waals surface area contributed by atoms with Crippen LogP contribution in [0.2, 0.25) is 0 Å². The molecule has 1 aromatic rings. The average Bonchev–Trinajstić information content (AvgIpc) is 2.87. The van der Waals surface area contributed by atoms with Crippen molar-refractivity contribution in [3.05, 3.63) is 16.6 Å². The summed E-state index contributed by atoms with van der Waals surface area (Å²) in [7, 11) is 0. The molecule has 0 bridgehead atoms. The van der Waals surface area contributed by atoms with Crippen LogP contribution < -0.4 is 10.6 Å². The second kappa shape index (κ2) is 7.40. The van der Waals surface area contributed by atoms with E-state index in [0.717, 1.165) is 30.6 Å². The topological polar surface area (TPSA) is 91.3 Å². The number of rotatable bonds is 5. The predicted octanol–water partition coefficient (Wildman–Crippen LogP) is 2.37. The third-order valence-electron chi connectivity index (χ3n) is 4.01. The molecule has 0 saturated heterocycles. The highest BCUT2D eigenvalue weighted by atomic mass is 32.1. The summed E-state index contributed by atoms with van der Waals surface area (Å²) in [6.07, 6.45) is 6.95. The molecule has 2 amide bonds. The predicted molar refractivity (Wildman–Crippen MR) is 80.1 cm³/mol. The van der Waals surface area contributed by atoms with Gasteiger partial charge in [-0.1, -0.05) is 25.7 Å². The van der Waals surface area contributed by atoms with E-state index in [9.17, 15) is 14.7 Å². The largest absolute Gasteiger partial charge is 0.481 e. The van der Waals surface area contributed by atoms with E-state index in [1.54, 1.807) is 11.7 Å². The van der Waals surface area contributed by atoms with Gasteiger partial charge in [0, 0.05) is 17.6 Å². The number of hydrogen-bond acceptors (Lipinski definition) is 4. The Morgan fingerprint density at radius 1 is 1.24 bits per heavy atom. The molecule has 6 nitrogen and oxygen atoms in total. The van der Waals surface area contributed by atoms with Gasteiger partial charge in [0.1, 0.15) is 0 Å². The molecule has 1 fully saturated rings. The number of carboxylic acid groups (broad SMARTS) is 1. The summed E-state index contributed by atoms with van der Waals surface area (Å²) >= 11 is 1.47. The second-order valence-electron chi connectivity index (χ2n) is 5.50. The van der Waals surface area contributed by atoms with Gasteiger partial charge in [-0.3, -0.25) is 9.78 Å². The Balaban J connectivity index is 1.83. The standard InChI is InChI=1S/C14H21N3O3S/c18-12(19)14(5-3-1-2-4-6-14)9-17-13(20)16-8-11-7-15-10-21-11/h7,10H,1-6,8-9H2,(H,18,19)(H2,16,17,20). The SMILES string of the molecule is O=C(NCc1cncs1)NCC1(C(=O)O)CCCCCC1. The lowest BCUT2D eigenvalue weighted by Gasteiger charge is -2.28. The van der Waals surface area contributed by atoms with E-state index in [0.29, 0.717) is 19.4 Å². The molecule has 0 unspecified atom stereocenters. The summed E-state index contributed by atoms with van der Waals surface area (Å²) < 4.78 is 0. The molecule has 21 heavy (non-hydrogen) atoms. The van der Waals surface area contributed by atoms with Crippen molar-refractivity contribution >= 4 is 23.3 Å². The number of amides is 2. The fourth-order valence-corrected chi connectivity index (χ4v) is 3.21. The normalized spacial score (nSPS) is 17.7. The van der Waals surface area contributed by atoms with Crippen LogP contribution in [0.15, 0.2) is 11.7 Å². The highest BCUT2D eigenvalue weighted by molar-refractivity contribution is 7.09. The van der Waals surface area contributed by atoms with Crippen LogP contribution in [0, 0.1) is 5.41 Å². The van der Waals surface area contributed by atoms with Crippen molar-refractivity contribution in [3.63, 3.8) is 0 Å². The monoisotopic (exact) mass is 311 g/mol. The lowest BCUT2D eigenvalue weighted by molar-refractivity contribution is -0.149. The van der Waals surface area contributed by atoms with Crippen molar-refractivity contribution in [1.82, 2.24) is 15.6 Å². The van der Waals surface area contributed by atoms with Crippen molar-refractivity contribution in [3.8, 4) is 0 Å². The highest BCUT2D eigenvalue weighted by Crippen LogP contribution is 2.34. The smallest absolute Gasteiger partial charge is 0.315 e. The third kappa shape index (κ3) is 4.42. The first kappa shape index (κ1) is 15.8. The van der Waals surface area contributed by atoms with Gasteiger partial charge in [-0.25, -0.2) is 4.79 Å². The van der Waals surface area contributed by atoms with Crippen LogP contribution >= 0.6 is 11.3 Å². The van der Waals surface area contributed by atoms with E-state index in [1.807, 2.05) is 0 Å². The van der Waals surface area contributed by atoms with Crippen LogP contribution in [-0.4, -0.2) is 28.6 Å². The maximum Gasteiger partial charge on any atom is 0.315 e. The van der Waals surface area contributed by atoms with E-state index < -0.39 is 11.4 Å². The molecule has 1 saturated carbocycles. The van der Waals surface area contributed by atoms with Gasteiger partial charge in [0.2, 0.25) is 0 Å². The van der Waals surface area contributed by atoms with E-state index in [-0.39, 0.29) is 12.6 Å². The number of carbonyl (C=O) groups is 2. The molecule has 3 N–H and O–H groups in total. The fourth-order valence-electron chi connectivity index (χ4n) is 2.68. The number of thiazole rings is 1. The van der Waals surface area contributed by atoms with Crippen molar-refractivity contribution in [1.29, 1.82) is 0 Å². The molecule has 0 spiro atoms. The van der Waals surface area contributed by atoms with Crippen LogP contribution in [0.25, 0.3) is 0 Å². The Kier molecular flexibility index (Phi) is 5.55. The molecule has 116 valence electrons. The molecule has 1 aromatic heterocycles. The van der Waals surface area contributed by atoms with Crippen LogP contribution in [0.4, 0.5) is 4.79 Å². The molecule has 0 atom stereocenters. The zero-order valence-electron chi connectivity index (χ0n) is 11.9. The van der Waals surface area contributed by atoms with Gasteiger partial charge in [-0.15, -0.1) is 11.3 Å². The lowest BCUT2D eigenvalue weighted by Crippen LogP contribution is -2.46. The minimum absolute atomic E-state index is 0.191. The van der Waals surface area contributed by atoms with Gasteiger partial charge in [0.15, 0.2) is 0 Å². The van der Waals surface area contributed by atoms with Crippen LogP contribution in [0.3, 0.4) is 0 Å². The van der Waals surface area contributed by atoms with Gasteiger partial charge < -0.3 is 15.7 Å². The van der Waals surface area contributed by atoms with Crippen LogP contribution in [0.5, 0.6) is 0 Å². The summed E-state index contributed by atoms with van der Waals surface area (Å²) in [6, 6.07) is -0.326. The zero-order valence-corrected chi connectivity index (χ0v) is 12.7. The number of hydrogen-bond donors (Lipinski definition) is 3. The molecule has 2 rings (SSSR count). The Morgan fingerprint density at radius 2 is 1.95 bits per heavy atom. The van der Waals surface area contributed by atoms with Crippen LogP contribution in [0.1, 0.15) is 43.4 Å². The van der Waals surface area contributed by atoms with E-state index in [2.05, 4.69) is 15.6 Å². The minimum Gasteiger partial charge on any atom is -0.481 e. The highest BCUT2D eigenvalue weighted by Gasteiger charge is 2.38. The van der Waals surface area contributed by atoms with Crippen LogP contribution in [-0.2, 0) is 11.3 Å². The Morgan fingerprint density at radius 3 is 2.52 bits per heavy atom. The quantitative estimate of drug-likeness (QED) is 0.728. The summed E-state index contributed by atoms with van der Waals surface area (Å²) in [5.41, 5.74) is 0.901. The number of urea groups is 1. The Bertz CT molecular complexity index is 468. The molecule has 0 radical (unpaired) electrons. The minimum atomic E-state index is -0.807. The van der Waals surface area contributed by atoms with Gasteiger partial charge in [-0.2, -0.15) is 0 Å². The maximum atomic E-state index is 11.8. The summed E-state index contributed by atoms with van der Waals surface area (Å²) in [5.74, 6) is -0.799. The second-order valence-corrected chi connectivity index (χ2v) is 6.47. The molecule has 1 heterocycles. The van der Waals surface area contributed by atoms with E-state index >= 15 is 0 Å². The third-order valence-corrected chi connectivity index (χ3v) is 4.79. The van der Waals surface area contributed by atoms with Crippen molar-refractivity contribution in [2.45, 2.75) is 45.1 Å². The molecule has 7 heteroatoms. The summed E-state index contributed by atoms with van der Waals surface area (Å²) in [4.78, 5) is 28.3. The van der Waals surface area contributed by atoms with Gasteiger partial charge in [0.05, 0.1) is 17.5 Å². The van der Waals surface area contributed by atoms with Gasteiger partial charge in [0.25, 0.3) is 0 Å². The Labute approximate surface area is 128 Å². The molecule has 0 aliphatic heterocycles.